The van der Waals surface area contributed by atoms with Crippen LogP contribution in [0.2, 0.25) is 0 Å². The first-order valence-electron chi connectivity index (χ1n) is 8.00. The summed E-state index contributed by atoms with van der Waals surface area (Å²) in [5.41, 5.74) is 1.20. The van der Waals surface area contributed by atoms with Gasteiger partial charge in [0.15, 0.2) is 0 Å². The fourth-order valence-electron chi connectivity index (χ4n) is 2.15. The number of nitrogens with zero attached hydrogens (tertiary/aromatic N) is 1. The summed E-state index contributed by atoms with van der Waals surface area (Å²) in [5.74, 6) is 5.67. The molecule has 0 aliphatic heterocycles. The lowest BCUT2D eigenvalue weighted by molar-refractivity contribution is -0.126. The molecule has 0 fully saturated rings. The molecule has 2 N–H and O–H groups in total. The molecule has 3 nitrogen and oxygen atoms in total. The van der Waals surface area contributed by atoms with Gasteiger partial charge in [0.1, 0.15) is 0 Å². The molecule has 0 aliphatic rings. The largest absolute Gasteiger partial charge is 0.277 e. The minimum absolute atomic E-state index is 0.112. The number of nitrogens with two attached hydrogens (primary N) is 1. The quantitative estimate of drug-likeness (QED) is 0.234. The average molecular weight is 288 g/mol. The highest BCUT2D eigenvalue weighted by Gasteiger charge is 2.05. The molecule has 0 spiro atoms. The summed E-state index contributed by atoms with van der Waals surface area (Å²) in [6.07, 6.45) is 11.5. The van der Waals surface area contributed by atoms with Crippen LogP contribution in [-0.2, 0) is 11.2 Å². The third-order valence-electron chi connectivity index (χ3n) is 3.50. The Morgan fingerprint density at radius 2 is 1.86 bits per heavy atom. The van der Waals surface area contributed by atoms with Crippen molar-refractivity contribution < 1.29 is 4.79 Å². The standard InChI is InChI=1S/C18H28N2O/c1-2-3-4-5-6-7-11-14-18(21)20(19)16-15-17-12-9-8-10-13-17/h8-14H,2-7,15-16,19H2,1H3/b14-11+. The van der Waals surface area contributed by atoms with Crippen LogP contribution in [0.4, 0.5) is 0 Å². The Balaban J connectivity index is 2.15. The Kier molecular flexibility index (Phi) is 9.21. The molecular weight excluding hydrogens is 260 g/mol. The maximum Gasteiger partial charge on any atom is 0.260 e. The van der Waals surface area contributed by atoms with Gasteiger partial charge in [-0.05, 0) is 24.8 Å². The third kappa shape index (κ3) is 8.30. The number of unbranched alkanes of at least 4 members (excludes halogenated alkanes) is 5. The summed E-state index contributed by atoms with van der Waals surface area (Å²) < 4.78 is 0. The number of carbonyl (C=O) groups excluding carboxylic acids is 1. The summed E-state index contributed by atoms with van der Waals surface area (Å²) in [6, 6.07) is 10.1. The summed E-state index contributed by atoms with van der Waals surface area (Å²) in [6.45, 7) is 2.76. The second kappa shape index (κ2) is 11.1. The minimum atomic E-state index is -0.112. The third-order valence-corrected chi connectivity index (χ3v) is 3.50. The molecule has 0 saturated carbocycles. The molecular formula is C18H28N2O. The van der Waals surface area contributed by atoms with E-state index < -0.39 is 0 Å². The highest BCUT2D eigenvalue weighted by atomic mass is 16.2. The van der Waals surface area contributed by atoms with E-state index >= 15 is 0 Å². The van der Waals surface area contributed by atoms with Gasteiger partial charge in [0, 0.05) is 12.6 Å². The molecule has 0 aliphatic carbocycles. The monoisotopic (exact) mass is 288 g/mol. The molecule has 0 saturated heterocycles. The van der Waals surface area contributed by atoms with Gasteiger partial charge in [0.25, 0.3) is 5.91 Å². The van der Waals surface area contributed by atoms with Gasteiger partial charge < -0.3 is 0 Å². The number of hydrogen-bond acceptors (Lipinski definition) is 2. The van der Waals surface area contributed by atoms with Gasteiger partial charge in [0.2, 0.25) is 0 Å². The lowest BCUT2D eigenvalue weighted by Gasteiger charge is -2.14. The number of amides is 1. The fourth-order valence-corrected chi connectivity index (χ4v) is 2.15. The van der Waals surface area contributed by atoms with Crippen LogP contribution in [0.15, 0.2) is 42.5 Å². The molecule has 1 amide bonds. The molecule has 0 radical (unpaired) electrons. The van der Waals surface area contributed by atoms with Crippen molar-refractivity contribution >= 4 is 5.91 Å². The van der Waals surface area contributed by atoms with E-state index in [1.807, 2.05) is 36.4 Å². The molecule has 3 heteroatoms. The van der Waals surface area contributed by atoms with Crippen LogP contribution in [0.5, 0.6) is 0 Å². The van der Waals surface area contributed by atoms with Gasteiger partial charge in [-0.3, -0.25) is 9.80 Å². The van der Waals surface area contributed by atoms with Crippen molar-refractivity contribution in [3.63, 3.8) is 0 Å². The van der Waals surface area contributed by atoms with Crippen LogP contribution in [0, 0.1) is 0 Å². The maximum absolute atomic E-state index is 11.8. The Morgan fingerprint density at radius 1 is 1.14 bits per heavy atom. The normalized spacial score (nSPS) is 11.0. The van der Waals surface area contributed by atoms with E-state index in [-0.39, 0.29) is 5.91 Å². The van der Waals surface area contributed by atoms with E-state index in [0.717, 1.165) is 19.3 Å². The smallest absolute Gasteiger partial charge is 0.260 e. The molecule has 1 aromatic carbocycles. The predicted molar refractivity (Wildman–Crippen MR) is 88.6 cm³/mol. The zero-order chi connectivity index (χ0) is 15.3. The zero-order valence-corrected chi connectivity index (χ0v) is 13.1. The van der Waals surface area contributed by atoms with Crippen molar-refractivity contribution in [3.05, 3.63) is 48.0 Å². The first-order chi connectivity index (χ1) is 10.2. The van der Waals surface area contributed by atoms with Crippen LogP contribution in [-0.4, -0.2) is 17.5 Å². The number of allylic oxidation sites excluding steroid dienone is 1. The van der Waals surface area contributed by atoms with Crippen LogP contribution in [0.3, 0.4) is 0 Å². The maximum atomic E-state index is 11.8. The molecule has 0 bridgehead atoms. The van der Waals surface area contributed by atoms with Crippen molar-refractivity contribution in [2.75, 3.05) is 6.54 Å². The molecule has 0 aromatic heterocycles. The molecule has 21 heavy (non-hydrogen) atoms. The molecule has 116 valence electrons. The number of hydrazine groups is 1. The second-order valence-electron chi connectivity index (χ2n) is 5.37. The molecule has 1 aromatic rings. The predicted octanol–water partition coefficient (Wildman–Crippen LogP) is 3.85. The number of benzene rings is 1. The van der Waals surface area contributed by atoms with E-state index in [9.17, 15) is 4.79 Å². The van der Waals surface area contributed by atoms with Crippen LogP contribution >= 0.6 is 0 Å². The average Bonchev–Trinajstić information content (AvgIpc) is 2.52. The fraction of sp³-hybridized carbons (Fsp3) is 0.500. The van der Waals surface area contributed by atoms with Gasteiger partial charge in [0.05, 0.1) is 0 Å². The second-order valence-corrected chi connectivity index (χ2v) is 5.37. The van der Waals surface area contributed by atoms with E-state index in [1.54, 1.807) is 6.08 Å². The van der Waals surface area contributed by atoms with E-state index in [4.69, 9.17) is 5.84 Å². The lowest BCUT2D eigenvalue weighted by atomic mass is 10.1. The summed E-state index contributed by atoms with van der Waals surface area (Å²) in [5, 5.41) is 1.29. The van der Waals surface area contributed by atoms with Crippen molar-refractivity contribution in [2.24, 2.45) is 5.84 Å². The van der Waals surface area contributed by atoms with Crippen LogP contribution in [0.25, 0.3) is 0 Å². The van der Waals surface area contributed by atoms with Crippen molar-refractivity contribution in [2.45, 2.75) is 51.9 Å². The Bertz CT molecular complexity index is 414. The minimum Gasteiger partial charge on any atom is -0.277 e. The Labute approximate surface area is 128 Å². The Hall–Kier alpha value is -1.61. The van der Waals surface area contributed by atoms with Gasteiger partial charge in [-0.2, -0.15) is 0 Å². The van der Waals surface area contributed by atoms with Gasteiger partial charge in [-0.15, -0.1) is 0 Å². The van der Waals surface area contributed by atoms with Crippen LogP contribution in [0.1, 0.15) is 51.0 Å². The number of hydrogen-bond donors (Lipinski definition) is 1. The zero-order valence-electron chi connectivity index (χ0n) is 13.1. The number of rotatable bonds is 10. The number of carbonyl (C=O) groups is 1. The molecule has 0 heterocycles. The van der Waals surface area contributed by atoms with Crippen molar-refractivity contribution in [1.82, 2.24) is 5.01 Å². The summed E-state index contributed by atoms with van der Waals surface area (Å²) >= 11 is 0. The molecule has 1 rings (SSSR count). The molecule has 0 unspecified atom stereocenters. The van der Waals surface area contributed by atoms with Crippen LogP contribution < -0.4 is 5.84 Å². The van der Waals surface area contributed by atoms with Crippen molar-refractivity contribution in [3.8, 4) is 0 Å². The highest BCUT2D eigenvalue weighted by molar-refractivity contribution is 5.87. The summed E-state index contributed by atoms with van der Waals surface area (Å²) in [7, 11) is 0. The Morgan fingerprint density at radius 3 is 2.57 bits per heavy atom. The highest BCUT2D eigenvalue weighted by Crippen LogP contribution is 2.05. The van der Waals surface area contributed by atoms with Gasteiger partial charge >= 0.3 is 0 Å². The van der Waals surface area contributed by atoms with Gasteiger partial charge in [-0.1, -0.05) is 69.0 Å². The first kappa shape index (κ1) is 17.4. The summed E-state index contributed by atoms with van der Waals surface area (Å²) in [4.78, 5) is 11.8. The molecule has 0 atom stereocenters. The topological polar surface area (TPSA) is 46.3 Å². The first-order valence-corrected chi connectivity index (χ1v) is 8.00. The SMILES string of the molecule is CCCCCCC/C=C/C(=O)N(N)CCc1ccccc1. The van der Waals surface area contributed by atoms with E-state index in [1.165, 1.54) is 36.3 Å². The lowest BCUT2D eigenvalue weighted by Crippen LogP contribution is -2.37. The van der Waals surface area contributed by atoms with E-state index in [0.29, 0.717) is 6.54 Å². The van der Waals surface area contributed by atoms with E-state index in [2.05, 4.69) is 6.92 Å². The van der Waals surface area contributed by atoms with Crippen molar-refractivity contribution in [1.29, 1.82) is 0 Å². The van der Waals surface area contributed by atoms with Gasteiger partial charge in [-0.25, -0.2) is 5.84 Å².